The van der Waals surface area contributed by atoms with E-state index < -0.39 is 17.8 Å². The van der Waals surface area contributed by atoms with Gasteiger partial charge < -0.3 is 10.2 Å². The smallest absolute Gasteiger partial charge is 0.259 e. The van der Waals surface area contributed by atoms with Crippen LogP contribution in [0.1, 0.15) is 22.8 Å². The Bertz CT molecular complexity index is 1190. The predicted molar refractivity (Wildman–Crippen MR) is 116 cm³/mol. The van der Waals surface area contributed by atoms with E-state index in [1.807, 2.05) is 24.3 Å². The van der Waals surface area contributed by atoms with Crippen molar-refractivity contribution in [1.29, 1.82) is 0 Å². The molecule has 3 aromatic rings. The summed E-state index contributed by atoms with van der Waals surface area (Å²) in [5.74, 6) is -1.54. The molecule has 0 saturated carbocycles. The number of benzene rings is 3. The van der Waals surface area contributed by atoms with Crippen LogP contribution in [0.5, 0.6) is 0 Å². The third kappa shape index (κ3) is 3.63. The van der Waals surface area contributed by atoms with Gasteiger partial charge >= 0.3 is 0 Å². The highest BCUT2D eigenvalue weighted by Gasteiger charge is 2.34. The summed E-state index contributed by atoms with van der Waals surface area (Å²) < 4.78 is 14.3. The van der Waals surface area contributed by atoms with Crippen molar-refractivity contribution in [3.8, 4) is 0 Å². The van der Waals surface area contributed by atoms with Crippen molar-refractivity contribution in [3.63, 3.8) is 0 Å². The van der Waals surface area contributed by atoms with Crippen molar-refractivity contribution in [1.82, 2.24) is 10.2 Å². The summed E-state index contributed by atoms with van der Waals surface area (Å²) in [5.41, 5.74) is 1.50. The lowest BCUT2D eigenvalue weighted by atomic mass is 10.1. The van der Waals surface area contributed by atoms with E-state index >= 15 is 0 Å². The predicted octanol–water partition coefficient (Wildman–Crippen LogP) is 3.10. The second-order valence-electron chi connectivity index (χ2n) is 7.48. The molecule has 31 heavy (non-hydrogen) atoms. The van der Waals surface area contributed by atoms with Gasteiger partial charge in [0.2, 0.25) is 11.8 Å². The highest BCUT2D eigenvalue weighted by atomic mass is 19.1. The van der Waals surface area contributed by atoms with Gasteiger partial charge in [0.1, 0.15) is 18.4 Å². The molecule has 158 valence electrons. The fraction of sp³-hybridized carbons (Fsp3) is 0.208. The average molecular weight is 419 g/mol. The molecule has 0 aromatic heterocycles. The zero-order valence-corrected chi connectivity index (χ0v) is 17.3. The van der Waals surface area contributed by atoms with E-state index in [9.17, 15) is 18.8 Å². The lowest BCUT2D eigenvalue weighted by Gasteiger charge is -2.30. The molecular formula is C24H22FN3O3. The van der Waals surface area contributed by atoms with Crippen LogP contribution in [0.25, 0.3) is 10.8 Å². The standard InChI is InChI=1S/C24H22FN3O3/c1-15(23(30)26-2)27(13-17-7-3-4-11-19(17)25)21(29)14-28-20-12-6-9-16-8-5-10-18(22(16)20)24(28)31/h3-12,15H,13-14H2,1-2H3,(H,26,30)/t15-/m1/s1. The maximum atomic E-state index is 14.3. The number of carbonyl (C=O) groups excluding carboxylic acids is 3. The van der Waals surface area contributed by atoms with Gasteiger partial charge in [-0.1, -0.05) is 42.5 Å². The molecule has 1 N–H and O–H groups in total. The van der Waals surface area contributed by atoms with Gasteiger partial charge in [0.05, 0.1) is 5.69 Å². The first-order valence-electron chi connectivity index (χ1n) is 10.0. The van der Waals surface area contributed by atoms with Crippen molar-refractivity contribution < 1.29 is 18.8 Å². The molecule has 3 aromatic carbocycles. The lowest BCUT2D eigenvalue weighted by molar-refractivity contribution is -0.139. The quantitative estimate of drug-likeness (QED) is 0.668. The average Bonchev–Trinajstić information content (AvgIpc) is 3.05. The Labute approximate surface area is 179 Å². The molecule has 7 heteroatoms. The van der Waals surface area contributed by atoms with E-state index in [4.69, 9.17) is 0 Å². The van der Waals surface area contributed by atoms with E-state index in [0.717, 1.165) is 10.8 Å². The molecule has 0 saturated heterocycles. The first kappa shape index (κ1) is 20.5. The van der Waals surface area contributed by atoms with Crippen LogP contribution in [0.4, 0.5) is 10.1 Å². The molecular weight excluding hydrogens is 397 g/mol. The van der Waals surface area contributed by atoms with Crippen LogP contribution in [0.3, 0.4) is 0 Å². The number of halogens is 1. The van der Waals surface area contributed by atoms with Gasteiger partial charge in [-0.15, -0.1) is 0 Å². The molecule has 6 nitrogen and oxygen atoms in total. The van der Waals surface area contributed by atoms with E-state index in [2.05, 4.69) is 5.32 Å². The van der Waals surface area contributed by atoms with Crippen molar-refractivity contribution >= 4 is 34.2 Å². The Balaban J connectivity index is 1.65. The number of hydrogen-bond acceptors (Lipinski definition) is 3. The fourth-order valence-electron chi connectivity index (χ4n) is 3.96. The van der Waals surface area contributed by atoms with Crippen LogP contribution >= 0.6 is 0 Å². The minimum Gasteiger partial charge on any atom is -0.357 e. The molecule has 1 aliphatic rings. The molecule has 1 atom stereocenters. The molecule has 3 amide bonds. The zero-order chi connectivity index (χ0) is 22.1. The Morgan fingerprint density at radius 1 is 1.06 bits per heavy atom. The summed E-state index contributed by atoms with van der Waals surface area (Å²) in [6.45, 7) is 1.25. The highest BCUT2D eigenvalue weighted by molar-refractivity contribution is 6.26. The summed E-state index contributed by atoms with van der Waals surface area (Å²) in [5, 5.41) is 4.25. The summed E-state index contributed by atoms with van der Waals surface area (Å²) in [6, 6.07) is 16.3. The Kier molecular flexibility index (Phi) is 5.42. The number of anilines is 1. The van der Waals surface area contributed by atoms with E-state index in [-0.39, 0.29) is 24.9 Å². The minimum atomic E-state index is -0.840. The Hall–Kier alpha value is -3.74. The summed E-state index contributed by atoms with van der Waals surface area (Å²) in [4.78, 5) is 41.4. The van der Waals surface area contributed by atoms with Gasteiger partial charge in [-0.3, -0.25) is 19.3 Å². The van der Waals surface area contributed by atoms with Crippen LogP contribution in [0.15, 0.2) is 60.7 Å². The van der Waals surface area contributed by atoms with Gasteiger partial charge in [0, 0.05) is 30.1 Å². The van der Waals surface area contributed by atoms with E-state index in [1.54, 1.807) is 37.3 Å². The van der Waals surface area contributed by atoms with Crippen molar-refractivity contribution in [2.45, 2.75) is 19.5 Å². The van der Waals surface area contributed by atoms with Gasteiger partial charge in [0.15, 0.2) is 0 Å². The molecule has 1 heterocycles. The molecule has 4 rings (SSSR count). The maximum Gasteiger partial charge on any atom is 0.259 e. The minimum absolute atomic E-state index is 0.0841. The number of hydrogen-bond donors (Lipinski definition) is 1. The summed E-state index contributed by atoms with van der Waals surface area (Å²) in [7, 11) is 1.48. The first-order valence-corrected chi connectivity index (χ1v) is 10.0. The number of carbonyl (C=O) groups is 3. The normalized spacial score (nSPS) is 13.4. The molecule has 0 bridgehead atoms. The van der Waals surface area contributed by atoms with Crippen molar-refractivity contribution in [3.05, 3.63) is 77.6 Å². The van der Waals surface area contributed by atoms with Crippen molar-refractivity contribution in [2.24, 2.45) is 0 Å². The molecule has 0 radical (unpaired) electrons. The number of amides is 3. The monoisotopic (exact) mass is 419 g/mol. The number of nitrogens with one attached hydrogen (secondary N) is 1. The number of likely N-dealkylation sites (N-methyl/N-ethyl adjacent to an activating group) is 1. The third-order valence-corrected chi connectivity index (χ3v) is 5.65. The lowest BCUT2D eigenvalue weighted by Crippen LogP contribution is -2.50. The molecule has 0 fully saturated rings. The van der Waals surface area contributed by atoms with Gasteiger partial charge in [-0.25, -0.2) is 4.39 Å². The van der Waals surface area contributed by atoms with Crippen LogP contribution in [0, 0.1) is 5.82 Å². The maximum absolute atomic E-state index is 14.3. The van der Waals surface area contributed by atoms with Crippen LogP contribution in [-0.4, -0.2) is 42.3 Å². The molecule has 0 aliphatic carbocycles. The molecule has 1 aliphatic heterocycles. The summed E-state index contributed by atoms with van der Waals surface area (Å²) in [6.07, 6.45) is 0. The topological polar surface area (TPSA) is 69.7 Å². The SMILES string of the molecule is CNC(=O)[C@@H](C)N(Cc1ccccc1F)C(=O)CN1C(=O)c2cccc3cccc1c23. The van der Waals surface area contributed by atoms with Crippen LogP contribution in [-0.2, 0) is 16.1 Å². The molecule has 0 unspecified atom stereocenters. The zero-order valence-electron chi connectivity index (χ0n) is 17.3. The van der Waals surface area contributed by atoms with Crippen LogP contribution in [0.2, 0.25) is 0 Å². The van der Waals surface area contributed by atoms with Gasteiger partial charge in [-0.2, -0.15) is 0 Å². The number of nitrogens with zero attached hydrogens (tertiary/aromatic N) is 2. The third-order valence-electron chi connectivity index (χ3n) is 5.65. The largest absolute Gasteiger partial charge is 0.357 e. The summed E-state index contributed by atoms with van der Waals surface area (Å²) >= 11 is 0. The highest BCUT2D eigenvalue weighted by Crippen LogP contribution is 2.37. The van der Waals surface area contributed by atoms with Crippen molar-refractivity contribution in [2.75, 3.05) is 18.5 Å². The van der Waals surface area contributed by atoms with Gasteiger partial charge in [-0.05, 0) is 30.5 Å². The van der Waals surface area contributed by atoms with Gasteiger partial charge in [0.25, 0.3) is 5.91 Å². The molecule has 0 spiro atoms. The second-order valence-corrected chi connectivity index (χ2v) is 7.48. The Morgan fingerprint density at radius 3 is 2.48 bits per heavy atom. The number of rotatable bonds is 6. The second kappa shape index (κ2) is 8.18. The van der Waals surface area contributed by atoms with E-state index in [0.29, 0.717) is 16.8 Å². The van der Waals surface area contributed by atoms with E-state index in [1.165, 1.54) is 22.9 Å². The first-order chi connectivity index (χ1) is 14.9. The van der Waals surface area contributed by atoms with Crippen LogP contribution < -0.4 is 10.2 Å². The fourth-order valence-corrected chi connectivity index (χ4v) is 3.96. The Morgan fingerprint density at radius 2 is 1.77 bits per heavy atom.